The fraction of sp³-hybridized carbons (Fsp3) is 0.176. The van der Waals surface area contributed by atoms with Crippen LogP contribution in [0.15, 0.2) is 84.9 Å². The van der Waals surface area contributed by atoms with Gasteiger partial charge in [-0.2, -0.15) is 0 Å². The Hall–Kier alpha value is -2.37. The van der Waals surface area contributed by atoms with Crippen molar-refractivity contribution in [3.8, 4) is 22.5 Å². The molecule has 0 aliphatic heterocycles. The molecule has 0 radical (unpaired) electrons. The molecule has 6 heteroatoms. The number of nitrogens with zero attached hydrogens (tertiary/aromatic N) is 2. The topological polar surface area (TPSA) is 9.86 Å². The fourth-order valence-corrected chi connectivity index (χ4v) is 12.3. The second-order valence-electron chi connectivity index (χ2n) is 11.4. The van der Waals surface area contributed by atoms with Crippen LogP contribution in [-0.2, 0) is 39.9 Å². The Morgan fingerprint density at radius 2 is 1.00 bits per heavy atom. The van der Waals surface area contributed by atoms with E-state index in [1.165, 1.54) is 66.6 Å². The summed E-state index contributed by atoms with van der Waals surface area (Å²) < 4.78 is 4.81. The molecular weight excluding hydrogens is 714 g/mol. The van der Waals surface area contributed by atoms with Crippen molar-refractivity contribution >= 4 is 29.9 Å². The zero-order valence-corrected chi connectivity index (χ0v) is 29.0. The Morgan fingerprint density at radius 1 is 0.600 bits per heavy atom. The predicted molar refractivity (Wildman–Crippen MR) is 156 cm³/mol. The monoisotopic (exact) mass is 742 g/mol. The quantitative estimate of drug-likeness (QED) is 0.190. The van der Waals surface area contributed by atoms with Crippen LogP contribution < -0.4 is 24.8 Å². The summed E-state index contributed by atoms with van der Waals surface area (Å²) in [6, 6.07) is 38.5. The smallest absolute Gasteiger partial charge is 1.00 e. The van der Waals surface area contributed by atoms with Crippen LogP contribution >= 0.6 is 0 Å². The van der Waals surface area contributed by atoms with Gasteiger partial charge in [0.25, 0.3) is 0 Å². The van der Waals surface area contributed by atoms with Crippen molar-refractivity contribution in [3.05, 3.63) is 119 Å². The van der Waals surface area contributed by atoms with Crippen molar-refractivity contribution in [3.63, 3.8) is 0 Å². The summed E-state index contributed by atoms with van der Waals surface area (Å²) in [5.41, 5.74) is 14.8. The number of hydrogen-bond acceptors (Lipinski definition) is 0. The third kappa shape index (κ3) is 3.55. The first kappa shape index (κ1) is 29.1. The number of hydrogen-bond donors (Lipinski definition) is 0. The molecule has 0 amide bonds. The van der Waals surface area contributed by atoms with Gasteiger partial charge in [0.15, 0.2) is 0 Å². The summed E-state index contributed by atoms with van der Waals surface area (Å²) in [6.45, 7) is 5.26. The molecule has 196 valence electrons. The Labute approximate surface area is 268 Å². The van der Waals surface area contributed by atoms with Crippen LogP contribution in [0.3, 0.4) is 0 Å². The van der Waals surface area contributed by atoms with E-state index in [1.807, 2.05) is 0 Å². The van der Waals surface area contributed by atoms with Crippen LogP contribution in [0.25, 0.3) is 44.3 Å². The van der Waals surface area contributed by atoms with Gasteiger partial charge in [0, 0.05) is 25.5 Å². The van der Waals surface area contributed by atoms with Gasteiger partial charge in [0.1, 0.15) is 0 Å². The number of benzene rings is 4. The van der Waals surface area contributed by atoms with E-state index in [0.717, 1.165) is 0 Å². The zero-order valence-electron chi connectivity index (χ0n) is 22.9. The standard InChI is InChI=1S/C34H28N2Si.2ClH.Hf/c1-35-27-19-11-9-17-25(27)29-31(35)21-13-5-7-15-23(21)33(29)37(3,4)34-24-16-8-6-14-22(24)32-30(34)26-18-10-12-20-28(26)36(32)2;;;/h5-16,19-20,33-34H,1-4H3;2*1H;/q-2;;;+4/p-2. The van der Waals surface area contributed by atoms with Gasteiger partial charge in [-0.05, 0) is 44.4 Å². The molecule has 0 bridgehead atoms. The van der Waals surface area contributed by atoms with Gasteiger partial charge in [0.05, 0.1) is 8.07 Å². The summed E-state index contributed by atoms with van der Waals surface area (Å²) in [5.74, 6) is 0. The van der Waals surface area contributed by atoms with Gasteiger partial charge >= 0.3 is 25.8 Å². The predicted octanol–water partition coefficient (Wildman–Crippen LogP) is 1.99. The molecule has 2 heterocycles. The number of aryl methyl sites for hydroxylation is 2. The van der Waals surface area contributed by atoms with Crippen LogP contribution in [-0.4, -0.2) is 17.2 Å². The SMILES string of the molecule is Cn1c2c(c3[c-]cccc31)C([Si](C)(C)C1c3ccccc3-c3c1c1[c-]cccc1n3C)c1ccccc1-2.[Cl-].[Cl-].[Hf+4]. The maximum atomic E-state index is 3.66. The largest absolute Gasteiger partial charge is 4.00 e. The van der Waals surface area contributed by atoms with Crippen molar-refractivity contribution in [2.45, 2.75) is 24.2 Å². The van der Waals surface area contributed by atoms with Gasteiger partial charge in [-0.15, -0.1) is 59.3 Å². The second-order valence-corrected chi connectivity index (χ2v) is 16.2. The summed E-state index contributed by atoms with van der Waals surface area (Å²) >= 11 is 0. The first-order valence-electron chi connectivity index (χ1n) is 13.2. The van der Waals surface area contributed by atoms with Crippen LogP contribution in [0.5, 0.6) is 0 Å². The Balaban J connectivity index is 0.00000108. The molecule has 2 unspecified atom stereocenters. The minimum atomic E-state index is -2.12. The van der Waals surface area contributed by atoms with E-state index in [0.29, 0.717) is 11.1 Å². The number of rotatable bonds is 2. The van der Waals surface area contributed by atoms with E-state index in [4.69, 9.17) is 0 Å². The molecular formula is C34H28Cl2HfN2Si. The van der Waals surface area contributed by atoms with Crippen LogP contribution in [0.4, 0.5) is 0 Å². The molecule has 0 saturated heterocycles. The third-order valence-electron chi connectivity index (χ3n) is 9.23. The van der Waals surface area contributed by atoms with Crippen molar-refractivity contribution in [1.29, 1.82) is 0 Å². The summed E-state index contributed by atoms with van der Waals surface area (Å²) in [4.78, 5) is 0. The molecule has 2 aromatic heterocycles. The summed E-state index contributed by atoms with van der Waals surface area (Å²) in [5, 5.41) is 2.58. The summed E-state index contributed by atoms with van der Waals surface area (Å²) in [7, 11) is 2.34. The van der Waals surface area contributed by atoms with Crippen LogP contribution in [0.1, 0.15) is 33.3 Å². The minimum absolute atomic E-state index is 0. The van der Waals surface area contributed by atoms with E-state index in [2.05, 4.69) is 133 Å². The average Bonchev–Trinajstić information content (AvgIpc) is 3.62. The van der Waals surface area contributed by atoms with Crippen LogP contribution in [0.2, 0.25) is 13.1 Å². The number of fused-ring (bicyclic) bond motifs is 10. The molecule has 2 aliphatic carbocycles. The maximum Gasteiger partial charge on any atom is 4.00 e. The van der Waals surface area contributed by atoms with Crippen molar-refractivity contribution < 1.29 is 50.7 Å². The molecule has 0 spiro atoms. The fourth-order valence-electron chi connectivity index (χ4n) is 7.85. The molecule has 0 N–H and O–H groups in total. The van der Waals surface area contributed by atoms with E-state index in [1.54, 1.807) is 0 Å². The Kier molecular flexibility index (Phi) is 7.40. The molecule has 4 aromatic carbocycles. The van der Waals surface area contributed by atoms with Gasteiger partial charge < -0.3 is 33.9 Å². The van der Waals surface area contributed by atoms with Crippen molar-refractivity contribution in [2.75, 3.05) is 0 Å². The minimum Gasteiger partial charge on any atom is -1.00 e. The summed E-state index contributed by atoms with van der Waals surface area (Å²) in [6.07, 6.45) is 0. The normalized spacial score (nSPS) is 16.4. The third-order valence-corrected chi connectivity index (χ3v) is 13.4. The number of halogens is 2. The van der Waals surface area contributed by atoms with E-state index >= 15 is 0 Å². The van der Waals surface area contributed by atoms with Gasteiger partial charge in [0.2, 0.25) is 0 Å². The van der Waals surface area contributed by atoms with E-state index < -0.39 is 8.07 Å². The maximum absolute atomic E-state index is 3.66. The van der Waals surface area contributed by atoms with Gasteiger partial charge in [-0.1, -0.05) is 72.8 Å². The molecule has 6 aromatic rings. The van der Waals surface area contributed by atoms with Crippen LogP contribution in [0, 0.1) is 12.1 Å². The molecule has 0 fully saturated rings. The molecule has 2 atom stereocenters. The second kappa shape index (κ2) is 10.2. The Morgan fingerprint density at radius 3 is 1.43 bits per heavy atom. The first-order valence-corrected chi connectivity index (χ1v) is 16.3. The molecule has 0 saturated carbocycles. The first-order chi connectivity index (χ1) is 18.0. The molecule has 40 heavy (non-hydrogen) atoms. The Bertz CT molecular complexity index is 1780. The van der Waals surface area contributed by atoms with Gasteiger partial charge in [-0.3, -0.25) is 0 Å². The van der Waals surface area contributed by atoms with Crippen molar-refractivity contribution in [2.24, 2.45) is 14.1 Å². The molecule has 2 aliphatic rings. The van der Waals surface area contributed by atoms with E-state index in [-0.39, 0.29) is 50.7 Å². The number of aromatic nitrogens is 2. The van der Waals surface area contributed by atoms with E-state index in [9.17, 15) is 0 Å². The molecule has 2 nitrogen and oxygen atoms in total. The average molecular weight is 742 g/mol. The van der Waals surface area contributed by atoms with Crippen molar-refractivity contribution in [1.82, 2.24) is 9.13 Å². The zero-order chi connectivity index (χ0) is 25.1. The van der Waals surface area contributed by atoms with Gasteiger partial charge in [-0.25, -0.2) is 0 Å². The molecule has 8 rings (SSSR count).